The number of esters is 1. The monoisotopic (exact) mass is 198 g/mol. The van der Waals surface area contributed by atoms with E-state index in [1.807, 2.05) is 30.3 Å². The van der Waals surface area contributed by atoms with Gasteiger partial charge < -0.3 is 4.74 Å². The van der Waals surface area contributed by atoms with Gasteiger partial charge in [0.05, 0.1) is 0 Å². The average Bonchev–Trinajstić information content (AvgIpc) is 2.49. The number of hydrogen-bond acceptors (Lipinski definition) is 3. The molecule has 2 rings (SSSR count). The number of alkyl halides is 1. The molecule has 0 radical (unpaired) electrons. The van der Waals surface area contributed by atoms with E-state index < -0.39 is 16.9 Å². The van der Waals surface area contributed by atoms with E-state index in [0.29, 0.717) is 0 Å². The van der Waals surface area contributed by atoms with Gasteiger partial charge in [0.1, 0.15) is 0 Å². The molecular weight excluding hydrogens is 191 g/mol. The highest BCUT2D eigenvalue weighted by atomic mass is 32.2. The van der Waals surface area contributed by atoms with E-state index in [1.165, 1.54) is 0 Å². The van der Waals surface area contributed by atoms with E-state index in [0.717, 1.165) is 17.3 Å². The van der Waals surface area contributed by atoms with E-state index in [9.17, 15) is 9.18 Å². The number of hydrogen-bond donors (Lipinski definition) is 0. The van der Waals surface area contributed by atoms with Crippen molar-refractivity contribution in [1.29, 1.82) is 0 Å². The van der Waals surface area contributed by atoms with Crippen LogP contribution < -0.4 is 0 Å². The smallest absolute Gasteiger partial charge is 0.353 e. The van der Waals surface area contributed by atoms with Gasteiger partial charge >= 0.3 is 5.97 Å². The normalized spacial score (nSPS) is 27.3. The lowest BCUT2D eigenvalue weighted by molar-refractivity contribution is -0.145. The Morgan fingerprint density at radius 1 is 1.31 bits per heavy atom. The average molecular weight is 198 g/mol. The molecule has 1 fully saturated rings. The largest absolute Gasteiger partial charge is 0.443 e. The summed E-state index contributed by atoms with van der Waals surface area (Å²) in [6.07, 6.45) is 0. The first-order valence-corrected chi connectivity index (χ1v) is 4.76. The van der Waals surface area contributed by atoms with Gasteiger partial charge in [-0.1, -0.05) is 42.1 Å². The molecule has 2 atom stereocenters. The van der Waals surface area contributed by atoms with Crippen molar-refractivity contribution in [2.75, 3.05) is 0 Å². The van der Waals surface area contributed by atoms with Crippen LogP contribution in [0.1, 0.15) is 11.0 Å². The topological polar surface area (TPSA) is 26.3 Å². The third-order valence-electron chi connectivity index (χ3n) is 1.72. The minimum Gasteiger partial charge on any atom is -0.443 e. The molecule has 13 heavy (non-hydrogen) atoms. The van der Waals surface area contributed by atoms with Crippen LogP contribution in [0.25, 0.3) is 0 Å². The highest BCUT2D eigenvalue weighted by Crippen LogP contribution is 2.40. The van der Waals surface area contributed by atoms with Gasteiger partial charge in [0, 0.05) is 5.56 Å². The Hall–Kier alpha value is -1.03. The summed E-state index contributed by atoms with van der Waals surface area (Å²) in [7, 11) is 0. The zero-order chi connectivity index (χ0) is 9.26. The number of rotatable bonds is 1. The molecule has 1 aliphatic rings. The minimum absolute atomic E-state index is 0.483. The molecule has 1 aromatic carbocycles. The lowest BCUT2D eigenvalue weighted by atomic mass is 10.2. The first-order valence-electron chi connectivity index (χ1n) is 3.82. The number of thioether (sulfide) groups is 1. The Bertz CT molecular complexity index is 315. The molecule has 68 valence electrons. The molecule has 1 heterocycles. The maximum absolute atomic E-state index is 12.7. The fraction of sp³-hybridized carbons (Fsp3) is 0.222. The fourth-order valence-corrected chi connectivity index (χ4v) is 1.96. The standard InChI is InChI=1S/C9H7FO2S/c10-7-8(11)12-9(13-7)6-4-2-1-3-5-6/h1-5,7,9H/t7-,9+/m1/s1. The van der Waals surface area contributed by atoms with Crippen LogP contribution in [0.5, 0.6) is 0 Å². The number of ether oxygens (including phenoxy) is 1. The summed E-state index contributed by atoms with van der Waals surface area (Å²) in [6.45, 7) is 0. The molecule has 0 aromatic heterocycles. The van der Waals surface area contributed by atoms with Gasteiger partial charge in [0.15, 0.2) is 5.44 Å². The van der Waals surface area contributed by atoms with Crippen molar-refractivity contribution in [3.8, 4) is 0 Å². The summed E-state index contributed by atoms with van der Waals surface area (Å²) in [5.41, 5.74) is -1.20. The molecule has 2 nitrogen and oxygen atoms in total. The minimum atomic E-state index is -1.54. The summed E-state index contributed by atoms with van der Waals surface area (Å²) in [5, 5.41) is 0. The highest BCUT2D eigenvalue weighted by molar-refractivity contribution is 8.00. The third-order valence-corrected chi connectivity index (χ3v) is 2.77. The summed E-state index contributed by atoms with van der Waals surface area (Å²) in [4.78, 5) is 10.7. The molecule has 1 saturated heterocycles. The molecule has 0 N–H and O–H groups in total. The number of cyclic esters (lactones) is 1. The fourth-order valence-electron chi connectivity index (χ4n) is 1.11. The summed E-state index contributed by atoms with van der Waals surface area (Å²) in [6, 6.07) is 9.13. The molecule has 1 aromatic rings. The van der Waals surface area contributed by atoms with Crippen molar-refractivity contribution in [3.05, 3.63) is 35.9 Å². The molecule has 1 aliphatic heterocycles. The first-order chi connectivity index (χ1) is 6.27. The molecule has 0 aliphatic carbocycles. The van der Waals surface area contributed by atoms with Crippen LogP contribution in [0.4, 0.5) is 4.39 Å². The molecule has 0 unspecified atom stereocenters. The van der Waals surface area contributed by atoms with Crippen molar-refractivity contribution >= 4 is 17.7 Å². The van der Waals surface area contributed by atoms with Gasteiger partial charge in [0.2, 0.25) is 5.50 Å². The zero-order valence-electron chi connectivity index (χ0n) is 6.64. The summed E-state index contributed by atoms with van der Waals surface area (Å²) < 4.78 is 17.5. The maximum atomic E-state index is 12.7. The van der Waals surface area contributed by atoms with Crippen molar-refractivity contribution in [2.24, 2.45) is 0 Å². The summed E-state index contributed by atoms with van der Waals surface area (Å²) in [5.74, 6) is -0.779. The Kier molecular flexibility index (Phi) is 2.22. The van der Waals surface area contributed by atoms with Gasteiger partial charge in [-0.15, -0.1) is 0 Å². The maximum Gasteiger partial charge on any atom is 0.353 e. The van der Waals surface area contributed by atoms with Crippen molar-refractivity contribution in [1.82, 2.24) is 0 Å². The van der Waals surface area contributed by atoms with E-state index >= 15 is 0 Å². The van der Waals surface area contributed by atoms with Gasteiger partial charge in [0.25, 0.3) is 0 Å². The number of carbonyl (C=O) groups excluding carboxylic acids is 1. The SMILES string of the molecule is O=C1O[C@H](c2ccccc2)S[C@H]1F. The van der Waals surface area contributed by atoms with Crippen molar-refractivity contribution < 1.29 is 13.9 Å². The Morgan fingerprint density at radius 2 is 2.00 bits per heavy atom. The second-order valence-electron chi connectivity index (χ2n) is 2.63. The van der Waals surface area contributed by atoms with Crippen LogP contribution in [-0.2, 0) is 9.53 Å². The van der Waals surface area contributed by atoms with Crippen LogP contribution in [0.2, 0.25) is 0 Å². The van der Waals surface area contributed by atoms with Crippen LogP contribution in [-0.4, -0.2) is 11.5 Å². The molecule has 0 bridgehead atoms. The number of benzene rings is 1. The predicted octanol–water partition coefficient (Wildman–Crippen LogP) is 2.27. The summed E-state index contributed by atoms with van der Waals surface area (Å²) >= 11 is 0.888. The quantitative estimate of drug-likeness (QED) is 0.647. The number of halogens is 1. The van der Waals surface area contributed by atoms with Crippen LogP contribution in [0.3, 0.4) is 0 Å². The lowest BCUT2D eigenvalue weighted by Gasteiger charge is -2.06. The van der Waals surface area contributed by atoms with E-state index in [1.54, 1.807) is 0 Å². The van der Waals surface area contributed by atoms with Crippen molar-refractivity contribution in [3.63, 3.8) is 0 Å². The Balaban J connectivity index is 2.17. The van der Waals surface area contributed by atoms with Gasteiger partial charge in [-0.25, -0.2) is 9.18 Å². The lowest BCUT2D eigenvalue weighted by Crippen LogP contribution is -2.04. The van der Waals surface area contributed by atoms with Gasteiger partial charge in [-0.05, 0) is 0 Å². The molecule has 0 spiro atoms. The molecule has 4 heteroatoms. The van der Waals surface area contributed by atoms with Gasteiger partial charge in [-0.2, -0.15) is 0 Å². The first kappa shape index (κ1) is 8.56. The molecule has 0 saturated carbocycles. The molecular formula is C9H7FO2S. The Morgan fingerprint density at radius 3 is 2.54 bits per heavy atom. The predicted molar refractivity (Wildman–Crippen MR) is 47.8 cm³/mol. The second-order valence-corrected chi connectivity index (χ2v) is 3.75. The van der Waals surface area contributed by atoms with E-state index in [4.69, 9.17) is 4.74 Å². The Labute approximate surface area is 79.1 Å². The third kappa shape index (κ3) is 1.67. The van der Waals surface area contributed by atoms with Crippen LogP contribution in [0, 0.1) is 0 Å². The van der Waals surface area contributed by atoms with Crippen molar-refractivity contribution in [2.45, 2.75) is 10.9 Å². The highest BCUT2D eigenvalue weighted by Gasteiger charge is 2.35. The van der Waals surface area contributed by atoms with Crippen LogP contribution in [0.15, 0.2) is 30.3 Å². The van der Waals surface area contributed by atoms with E-state index in [-0.39, 0.29) is 0 Å². The zero-order valence-corrected chi connectivity index (χ0v) is 7.46. The number of carbonyl (C=O) groups is 1. The van der Waals surface area contributed by atoms with Crippen LogP contribution >= 0.6 is 11.8 Å². The van der Waals surface area contributed by atoms with E-state index in [2.05, 4.69) is 0 Å². The second kappa shape index (κ2) is 3.38. The van der Waals surface area contributed by atoms with Gasteiger partial charge in [-0.3, -0.25) is 0 Å². The molecule has 0 amide bonds.